The summed E-state index contributed by atoms with van der Waals surface area (Å²) in [5.74, 6) is -0.0603. The molecular weight excluding hydrogens is 246 g/mol. The average molecular weight is 268 g/mol. The van der Waals surface area contributed by atoms with Gasteiger partial charge in [-0.3, -0.25) is 4.90 Å². The van der Waals surface area contributed by atoms with Crippen LogP contribution in [-0.4, -0.2) is 31.6 Å². The molecule has 4 heteroatoms. The molecule has 0 saturated carbocycles. The lowest BCUT2D eigenvalue weighted by Crippen LogP contribution is -2.35. The second-order valence-corrected chi connectivity index (χ2v) is 5.47. The number of hydrogen-bond donors (Lipinski definition) is 1. The summed E-state index contributed by atoms with van der Waals surface area (Å²) in [4.78, 5) is 2.12. The van der Waals surface area contributed by atoms with Crippen LogP contribution >= 0.6 is 0 Å². The molecule has 106 valence electrons. The summed E-state index contributed by atoms with van der Waals surface area (Å²) in [6.07, 6.45) is 2.31. The number of nitrogens with zero attached hydrogens (tertiary/aromatic N) is 1. The Morgan fingerprint density at radius 3 is 2.68 bits per heavy atom. The number of piperidine rings is 1. The van der Waals surface area contributed by atoms with Gasteiger partial charge in [0.15, 0.2) is 0 Å². The van der Waals surface area contributed by atoms with Crippen LogP contribution in [0.1, 0.15) is 31.4 Å². The van der Waals surface area contributed by atoms with Gasteiger partial charge in [0.2, 0.25) is 0 Å². The van der Waals surface area contributed by atoms with E-state index in [-0.39, 0.29) is 17.7 Å². The maximum Gasteiger partial charge on any atom is 0.128 e. The van der Waals surface area contributed by atoms with E-state index in [1.165, 1.54) is 18.2 Å². The lowest BCUT2D eigenvalue weighted by Gasteiger charge is -2.31. The normalized spacial score (nSPS) is 18.8. The van der Waals surface area contributed by atoms with E-state index in [2.05, 4.69) is 10.2 Å². The number of benzene rings is 1. The molecule has 1 aliphatic heterocycles. The Morgan fingerprint density at radius 2 is 2.00 bits per heavy atom. The standard InChI is InChI=1S/C15H22F2N2/c1-11(14-9-13(16)3-4-15(14)17)19(2)10-12-5-7-18-8-6-12/h3-4,9,11-12,18H,5-8,10H2,1-2H3. The lowest BCUT2D eigenvalue weighted by atomic mass is 9.96. The molecule has 2 nitrogen and oxygen atoms in total. The summed E-state index contributed by atoms with van der Waals surface area (Å²) >= 11 is 0. The fourth-order valence-corrected chi connectivity index (χ4v) is 2.70. The lowest BCUT2D eigenvalue weighted by molar-refractivity contribution is 0.193. The highest BCUT2D eigenvalue weighted by molar-refractivity contribution is 5.21. The van der Waals surface area contributed by atoms with E-state index in [1.807, 2.05) is 14.0 Å². The second-order valence-electron chi connectivity index (χ2n) is 5.47. The van der Waals surface area contributed by atoms with Gasteiger partial charge in [-0.1, -0.05) is 0 Å². The van der Waals surface area contributed by atoms with E-state index in [0.29, 0.717) is 11.5 Å². The number of rotatable bonds is 4. The van der Waals surface area contributed by atoms with Crippen LogP contribution in [0.5, 0.6) is 0 Å². The van der Waals surface area contributed by atoms with Crippen LogP contribution in [0.3, 0.4) is 0 Å². The molecule has 0 aromatic heterocycles. The fraction of sp³-hybridized carbons (Fsp3) is 0.600. The Labute approximate surface area is 113 Å². The first-order valence-corrected chi connectivity index (χ1v) is 6.94. The zero-order chi connectivity index (χ0) is 13.8. The van der Waals surface area contributed by atoms with Crippen molar-refractivity contribution < 1.29 is 8.78 Å². The predicted molar refractivity (Wildman–Crippen MR) is 73.0 cm³/mol. The van der Waals surface area contributed by atoms with Crippen molar-refractivity contribution >= 4 is 0 Å². The molecule has 1 saturated heterocycles. The molecule has 1 aromatic carbocycles. The third-order valence-electron chi connectivity index (χ3n) is 4.07. The highest BCUT2D eigenvalue weighted by atomic mass is 19.1. The third-order valence-corrected chi connectivity index (χ3v) is 4.07. The maximum atomic E-state index is 13.8. The van der Waals surface area contributed by atoms with E-state index in [9.17, 15) is 8.78 Å². The Kier molecular flexibility index (Phi) is 4.88. The predicted octanol–water partition coefficient (Wildman–Crippen LogP) is 2.96. The zero-order valence-corrected chi connectivity index (χ0v) is 11.6. The molecule has 0 bridgehead atoms. The Balaban J connectivity index is 2.01. The van der Waals surface area contributed by atoms with Gasteiger partial charge in [0.05, 0.1) is 0 Å². The van der Waals surface area contributed by atoms with Gasteiger partial charge in [0.1, 0.15) is 11.6 Å². The summed E-state index contributed by atoms with van der Waals surface area (Å²) in [7, 11) is 1.98. The highest BCUT2D eigenvalue weighted by Gasteiger charge is 2.21. The summed E-state index contributed by atoms with van der Waals surface area (Å²) in [6.45, 7) is 4.97. The summed E-state index contributed by atoms with van der Waals surface area (Å²) in [5.41, 5.74) is 0.441. The quantitative estimate of drug-likeness (QED) is 0.903. The van der Waals surface area contributed by atoms with E-state index in [0.717, 1.165) is 32.5 Å². The van der Waals surface area contributed by atoms with Crippen molar-refractivity contribution in [2.45, 2.75) is 25.8 Å². The van der Waals surface area contributed by atoms with Crippen LogP contribution in [0.2, 0.25) is 0 Å². The first kappa shape index (κ1) is 14.4. The second kappa shape index (κ2) is 6.44. The molecule has 0 aliphatic carbocycles. The molecule has 1 fully saturated rings. The Hall–Kier alpha value is -1.00. The summed E-state index contributed by atoms with van der Waals surface area (Å²) < 4.78 is 27.0. The van der Waals surface area contributed by atoms with Gasteiger partial charge in [-0.2, -0.15) is 0 Å². The average Bonchev–Trinajstić information content (AvgIpc) is 2.42. The van der Waals surface area contributed by atoms with Gasteiger partial charge in [-0.05, 0) is 64.0 Å². The van der Waals surface area contributed by atoms with Gasteiger partial charge in [-0.15, -0.1) is 0 Å². The molecule has 0 spiro atoms. The topological polar surface area (TPSA) is 15.3 Å². The molecular formula is C15H22F2N2. The minimum atomic E-state index is -0.376. The Bertz CT molecular complexity index is 417. The van der Waals surface area contributed by atoms with Crippen molar-refractivity contribution in [2.75, 3.05) is 26.7 Å². The monoisotopic (exact) mass is 268 g/mol. The van der Waals surface area contributed by atoms with E-state index in [1.54, 1.807) is 0 Å². The molecule has 0 radical (unpaired) electrons. The zero-order valence-electron chi connectivity index (χ0n) is 11.6. The van der Waals surface area contributed by atoms with Crippen molar-refractivity contribution in [1.29, 1.82) is 0 Å². The van der Waals surface area contributed by atoms with E-state index < -0.39 is 0 Å². The molecule has 1 aromatic rings. The third kappa shape index (κ3) is 3.74. The van der Waals surface area contributed by atoms with Crippen LogP contribution in [-0.2, 0) is 0 Å². The Morgan fingerprint density at radius 1 is 1.32 bits per heavy atom. The first-order chi connectivity index (χ1) is 9.08. The van der Waals surface area contributed by atoms with Crippen LogP contribution < -0.4 is 5.32 Å². The van der Waals surface area contributed by atoms with Crippen LogP contribution in [0.15, 0.2) is 18.2 Å². The molecule has 2 rings (SSSR count). The van der Waals surface area contributed by atoms with Crippen LogP contribution in [0, 0.1) is 17.6 Å². The minimum absolute atomic E-state index is 0.106. The van der Waals surface area contributed by atoms with E-state index >= 15 is 0 Å². The molecule has 1 aliphatic rings. The molecule has 1 atom stereocenters. The minimum Gasteiger partial charge on any atom is -0.317 e. The molecule has 19 heavy (non-hydrogen) atoms. The first-order valence-electron chi connectivity index (χ1n) is 6.94. The van der Waals surface area contributed by atoms with Gasteiger partial charge >= 0.3 is 0 Å². The molecule has 1 N–H and O–H groups in total. The number of hydrogen-bond acceptors (Lipinski definition) is 2. The molecule has 1 heterocycles. The highest BCUT2D eigenvalue weighted by Crippen LogP contribution is 2.25. The van der Waals surface area contributed by atoms with Gasteiger partial charge in [-0.25, -0.2) is 8.78 Å². The molecule has 0 amide bonds. The van der Waals surface area contributed by atoms with Gasteiger partial charge in [0.25, 0.3) is 0 Å². The van der Waals surface area contributed by atoms with Crippen molar-refractivity contribution in [2.24, 2.45) is 5.92 Å². The van der Waals surface area contributed by atoms with Crippen molar-refractivity contribution in [1.82, 2.24) is 10.2 Å². The van der Waals surface area contributed by atoms with Crippen molar-refractivity contribution in [3.05, 3.63) is 35.4 Å². The van der Waals surface area contributed by atoms with Gasteiger partial charge < -0.3 is 5.32 Å². The summed E-state index contributed by atoms with van der Waals surface area (Å²) in [5, 5.41) is 3.34. The maximum absolute atomic E-state index is 13.8. The van der Waals surface area contributed by atoms with Gasteiger partial charge in [0, 0.05) is 18.2 Å². The van der Waals surface area contributed by atoms with Crippen LogP contribution in [0.25, 0.3) is 0 Å². The van der Waals surface area contributed by atoms with Crippen molar-refractivity contribution in [3.63, 3.8) is 0 Å². The smallest absolute Gasteiger partial charge is 0.128 e. The van der Waals surface area contributed by atoms with Crippen molar-refractivity contribution in [3.8, 4) is 0 Å². The largest absolute Gasteiger partial charge is 0.317 e. The molecule has 1 unspecified atom stereocenters. The fourth-order valence-electron chi connectivity index (χ4n) is 2.70. The van der Waals surface area contributed by atoms with E-state index in [4.69, 9.17) is 0 Å². The number of nitrogens with one attached hydrogen (secondary N) is 1. The SMILES string of the molecule is CC(c1cc(F)ccc1F)N(C)CC1CCNCC1. The summed E-state index contributed by atoms with van der Waals surface area (Å²) in [6, 6.07) is 3.57. The van der Waals surface area contributed by atoms with Crippen LogP contribution in [0.4, 0.5) is 8.78 Å². The number of halogens is 2.